The Hall–Kier alpha value is -1.11. The van der Waals surface area contributed by atoms with Gasteiger partial charge in [0.05, 0.1) is 9.21 Å². The van der Waals surface area contributed by atoms with Crippen molar-refractivity contribution >= 4 is 34.8 Å². The summed E-state index contributed by atoms with van der Waals surface area (Å²) >= 11 is 7.21. The number of piperazine rings is 1. The van der Waals surface area contributed by atoms with Gasteiger partial charge in [-0.1, -0.05) is 11.6 Å². The zero-order chi connectivity index (χ0) is 16.4. The fraction of sp³-hybridized carbons (Fsp3) is 0.625. The molecule has 1 N–H and O–H groups in total. The first kappa shape index (κ1) is 16.7. The highest BCUT2D eigenvalue weighted by molar-refractivity contribution is 7.17. The van der Waals surface area contributed by atoms with E-state index in [0.29, 0.717) is 22.3 Å². The molecule has 0 bridgehead atoms. The van der Waals surface area contributed by atoms with Gasteiger partial charge in [0.15, 0.2) is 0 Å². The molecule has 2 aliphatic rings. The van der Waals surface area contributed by atoms with Gasteiger partial charge in [0.1, 0.15) is 0 Å². The first-order chi connectivity index (χ1) is 11.1. The van der Waals surface area contributed by atoms with E-state index in [2.05, 4.69) is 12.2 Å². The predicted molar refractivity (Wildman–Crippen MR) is 92.0 cm³/mol. The molecule has 0 unspecified atom stereocenters. The van der Waals surface area contributed by atoms with Gasteiger partial charge in [0.25, 0.3) is 5.91 Å². The van der Waals surface area contributed by atoms with E-state index in [1.807, 2.05) is 9.80 Å². The molecule has 2 saturated heterocycles. The van der Waals surface area contributed by atoms with Crippen molar-refractivity contribution in [3.63, 3.8) is 0 Å². The van der Waals surface area contributed by atoms with Crippen molar-refractivity contribution in [2.45, 2.75) is 25.8 Å². The minimum absolute atomic E-state index is 0.0309. The largest absolute Gasteiger partial charge is 0.338 e. The van der Waals surface area contributed by atoms with Crippen molar-refractivity contribution in [3.05, 3.63) is 21.3 Å². The van der Waals surface area contributed by atoms with Gasteiger partial charge in [-0.3, -0.25) is 9.59 Å². The molecule has 0 aromatic carbocycles. The Kier molecular flexibility index (Phi) is 5.24. The number of carbonyl (C=O) groups excluding carboxylic acids is 2. The quantitative estimate of drug-likeness (QED) is 0.883. The standard InChI is InChI=1S/C16H22ClN3O2S/c1-11-10-18-6-9-20(11)15(21)12-4-7-19(8-5-12)16(22)13-2-3-14(17)23-13/h2-3,11-12,18H,4-10H2,1H3/t11-/m0/s1. The van der Waals surface area contributed by atoms with Crippen LogP contribution in [0.1, 0.15) is 29.4 Å². The van der Waals surface area contributed by atoms with Crippen molar-refractivity contribution in [2.24, 2.45) is 5.92 Å². The molecular weight excluding hydrogens is 334 g/mol. The zero-order valence-corrected chi connectivity index (χ0v) is 14.8. The van der Waals surface area contributed by atoms with Crippen LogP contribution in [0.2, 0.25) is 4.34 Å². The van der Waals surface area contributed by atoms with Crippen molar-refractivity contribution < 1.29 is 9.59 Å². The fourth-order valence-electron chi connectivity index (χ4n) is 3.32. The van der Waals surface area contributed by atoms with Crippen LogP contribution in [-0.4, -0.2) is 60.4 Å². The minimum atomic E-state index is 0.0309. The van der Waals surface area contributed by atoms with Crippen LogP contribution in [0, 0.1) is 5.92 Å². The van der Waals surface area contributed by atoms with Gasteiger partial charge < -0.3 is 15.1 Å². The lowest BCUT2D eigenvalue weighted by Gasteiger charge is -2.39. The molecule has 0 spiro atoms. The number of amides is 2. The average molecular weight is 356 g/mol. The summed E-state index contributed by atoms with van der Waals surface area (Å²) in [5.41, 5.74) is 0. The van der Waals surface area contributed by atoms with E-state index in [9.17, 15) is 9.59 Å². The molecule has 5 nitrogen and oxygen atoms in total. The number of hydrogen-bond donors (Lipinski definition) is 1. The summed E-state index contributed by atoms with van der Waals surface area (Å²) in [6.45, 7) is 5.89. The number of thiophene rings is 1. The van der Waals surface area contributed by atoms with E-state index in [1.54, 1.807) is 12.1 Å². The molecule has 0 aliphatic carbocycles. The Balaban J connectivity index is 1.55. The monoisotopic (exact) mass is 355 g/mol. The highest BCUT2D eigenvalue weighted by Crippen LogP contribution is 2.26. The maximum atomic E-state index is 12.7. The number of piperidine rings is 1. The molecule has 2 aliphatic heterocycles. The molecule has 1 aromatic rings. The van der Waals surface area contributed by atoms with Gasteiger partial charge >= 0.3 is 0 Å². The number of nitrogens with one attached hydrogen (secondary N) is 1. The second kappa shape index (κ2) is 7.20. The Labute approximate surface area is 145 Å². The molecule has 3 heterocycles. The maximum absolute atomic E-state index is 12.7. The van der Waals surface area contributed by atoms with E-state index >= 15 is 0 Å². The Morgan fingerprint density at radius 3 is 2.61 bits per heavy atom. The van der Waals surface area contributed by atoms with Crippen LogP contribution >= 0.6 is 22.9 Å². The normalized spacial score (nSPS) is 23.1. The Bertz CT molecular complexity index is 584. The summed E-state index contributed by atoms with van der Waals surface area (Å²) in [6, 6.07) is 3.78. The lowest BCUT2D eigenvalue weighted by molar-refractivity contribution is -0.139. The molecule has 23 heavy (non-hydrogen) atoms. The van der Waals surface area contributed by atoms with Crippen LogP contribution in [0.15, 0.2) is 12.1 Å². The number of nitrogens with zero attached hydrogens (tertiary/aromatic N) is 2. The third kappa shape index (κ3) is 3.70. The lowest BCUT2D eigenvalue weighted by Crippen LogP contribution is -2.55. The Morgan fingerprint density at radius 1 is 1.26 bits per heavy atom. The number of halogens is 1. The van der Waals surface area contributed by atoms with Gasteiger partial charge in [-0.05, 0) is 31.9 Å². The number of rotatable bonds is 2. The number of likely N-dealkylation sites (tertiary alicyclic amines) is 1. The minimum Gasteiger partial charge on any atom is -0.338 e. The van der Waals surface area contributed by atoms with Crippen molar-refractivity contribution in [1.29, 1.82) is 0 Å². The molecule has 0 saturated carbocycles. The SMILES string of the molecule is C[C@H]1CNCCN1C(=O)C1CCN(C(=O)c2ccc(Cl)s2)CC1. The van der Waals surface area contributed by atoms with Crippen LogP contribution in [0.25, 0.3) is 0 Å². The van der Waals surface area contributed by atoms with Crippen LogP contribution in [-0.2, 0) is 4.79 Å². The predicted octanol–water partition coefficient (Wildman–Crippen LogP) is 2.07. The molecule has 126 valence electrons. The van der Waals surface area contributed by atoms with Crippen molar-refractivity contribution in [2.75, 3.05) is 32.7 Å². The van der Waals surface area contributed by atoms with Crippen LogP contribution in [0.3, 0.4) is 0 Å². The summed E-state index contributed by atoms with van der Waals surface area (Å²) in [6.07, 6.45) is 1.50. The maximum Gasteiger partial charge on any atom is 0.263 e. The molecule has 2 fully saturated rings. The fourth-order valence-corrected chi connectivity index (χ4v) is 4.33. The third-order valence-corrected chi connectivity index (χ3v) is 5.92. The summed E-state index contributed by atoms with van der Waals surface area (Å²) in [4.78, 5) is 29.6. The number of carbonyl (C=O) groups is 2. The smallest absolute Gasteiger partial charge is 0.263 e. The van der Waals surface area contributed by atoms with Crippen LogP contribution in [0.4, 0.5) is 0 Å². The van der Waals surface area contributed by atoms with E-state index < -0.39 is 0 Å². The average Bonchev–Trinajstić information content (AvgIpc) is 3.01. The van der Waals surface area contributed by atoms with Crippen molar-refractivity contribution in [1.82, 2.24) is 15.1 Å². The van der Waals surface area contributed by atoms with Gasteiger partial charge in [-0.2, -0.15) is 0 Å². The first-order valence-corrected chi connectivity index (χ1v) is 9.31. The van der Waals surface area contributed by atoms with E-state index in [1.165, 1.54) is 11.3 Å². The highest BCUT2D eigenvalue weighted by Gasteiger charge is 2.33. The first-order valence-electron chi connectivity index (χ1n) is 8.12. The summed E-state index contributed by atoms with van der Waals surface area (Å²) in [7, 11) is 0. The second-order valence-electron chi connectivity index (χ2n) is 6.26. The topological polar surface area (TPSA) is 52.7 Å². The summed E-state index contributed by atoms with van der Waals surface area (Å²) in [5.74, 6) is 0.333. The highest BCUT2D eigenvalue weighted by atomic mass is 35.5. The zero-order valence-electron chi connectivity index (χ0n) is 13.3. The molecule has 1 aromatic heterocycles. The molecule has 3 rings (SSSR count). The van der Waals surface area contributed by atoms with Gasteiger partial charge in [-0.15, -0.1) is 11.3 Å². The van der Waals surface area contributed by atoms with E-state index in [0.717, 1.165) is 32.5 Å². The summed E-state index contributed by atoms with van der Waals surface area (Å²) in [5, 5.41) is 3.31. The molecule has 0 radical (unpaired) electrons. The lowest BCUT2D eigenvalue weighted by atomic mass is 9.94. The summed E-state index contributed by atoms with van der Waals surface area (Å²) < 4.78 is 0.631. The van der Waals surface area contributed by atoms with Gasteiger partial charge in [0.2, 0.25) is 5.91 Å². The van der Waals surface area contributed by atoms with Gasteiger partial charge in [0, 0.05) is 44.7 Å². The van der Waals surface area contributed by atoms with E-state index in [4.69, 9.17) is 11.6 Å². The van der Waals surface area contributed by atoms with Crippen molar-refractivity contribution in [3.8, 4) is 0 Å². The molecule has 2 amide bonds. The van der Waals surface area contributed by atoms with Crippen LogP contribution < -0.4 is 5.32 Å². The van der Waals surface area contributed by atoms with Gasteiger partial charge in [-0.25, -0.2) is 0 Å². The number of hydrogen-bond acceptors (Lipinski definition) is 4. The molecule has 7 heteroatoms. The Morgan fingerprint density at radius 2 is 2.00 bits per heavy atom. The van der Waals surface area contributed by atoms with E-state index in [-0.39, 0.29) is 23.8 Å². The third-order valence-electron chi connectivity index (χ3n) is 4.70. The van der Waals surface area contributed by atoms with Crippen LogP contribution in [0.5, 0.6) is 0 Å². The molecular formula is C16H22ClN3O2S. The molecule has 1 atom stereocenters. The second-order valence-corrected chi connectivity index (χ2v) is 7.97.